The van der Waals surface area contributed by atoms with E-state index in [-0.39, 0.29) is 5.97 Å². The molecule has 0 fully saturated rings. The Morgan fingerprint density at radius 2 is 2.18 bits per heavy atom. The number of esters is 1. The van der Waals surface area contributed by atoms with Crippen molar-refractivity contribution in [2.75, 3.05) is 13.2 Å². The number of carbonyl (C=O) groups excluding carboxylic acids is 1. The molecule has 0 unspecified atom stereocenters. The van der Waals surface area contributed by atoms with Crippen LogP contribution < -0.4 is 5.32 Å². The highest BCUT2D eigenvalue weighted by molar-refractivity contribution is 5.87. The lowest BCUT2D eigenvalue weighted by Crippen LogP contribution is -2.10. The van der Waals surface area contributed by atoms with E-state index in [1.807, 2.05) is 6.92 Å². The number of nitrogens with one attached hydrogen (secondary N) is 1. The van der Waals surface area contributed by atoms with E-state index in [2.05, 4.69) is 5.32 Å². The quantitative estimate of drug-likeness (QED) is 0.490. The van der Waals surface area contributed by atoms with Crippen molar-refractivity contribution < 1.29 is 9.53 Å². The van der Waals surface area contributed by atoms with Crippen LogP contribution in [0.15, 0.2) is 11.8 Å². The lowest BCUT2D eigenvalue weighted by atomic mass is 10.3. The van der Waals surface area contributed by atoms with Crippen molar-refractivity contribution in [3.8, 4) is 0 Å². The Morgan fingerprint density at radius 3 is 2.64 bits per heavy atom. The molecule has 0 aliphatic heterocycles. The zero-order valence-corrected chi connectivity index (χ0v) is 7.31. The van der Waals surface area contributed by atoms with Gasteiger partial charge in [0.1, 0.15) is 0 Å². The van der Waals surface area contributed by atoms with Gasteiger partial charge in [0.05, 0.1) is 6.61 Å². The second-order valence-corrected chi connectivity index (χ2v) is 2.11. The predicted octanol–water partition coefficient (Wildman–Crippen LogP) is 1.06. The van der Waals surface area contributed by atoms with Crippen LogP contribution in [0.3, 0.4) is 0 Å². The largest absolute Gasteiger partial charge is 0.463 e. The first-order valence-electron chi connectivity index (χ1n) is 3.79. The van der Waals surface area contributed by atoms with Gasteiger partial charge in [0.2, 0.25) is 0 Å². The van der Waals surface area contributed by atoms with Gasteiger partial charge in [-0.05, 0) is 20.8 Å². The maximum Gasteiger partial charge on any atom is 0.335 e. The third-order valence-electron chi connectivity index (χ3n) is 1.12. The van der Waals surface area contributed by atoms with Crippen molar-refractivity contribution in [3.05, 3.63) is 11.8 Å². The number of hydrogen-bond acceptors (Lipinski definition) is 3. The summed E-state index contributed by atoms with van der Waals surface area (Å²) in [6, 6.07) is 0. The van der Waals surface area contributed by atoms with Crippen LogP contribution in [-0.2, 0) is 9.53 Å². The number of rotatable bonds is 4. The van der Waals surface area contributed by atoms with Gasteiger partial charge in [0, 0.05) is 18.3 Å². The van der Waals surface area contributed by atoms with Crippen molar-refractivity contribution in [1.82, 2.24) is 5.32 Å². The highest BCUT2D eigenvalue weighted by atomic mass is 16.5. The Balaban J connectivity index is 3.80. The van der Waals surface area contributed by atoms with Gasteiger partial charge in [-0.1, -0.05) is 0 Å². The molecule has 0 saturated carbocycles. The summed E-state index contributed by atoms with van der Waals surface area (Å²) in [4.78, 5) is 10.9. The van der Waals surface area contributed by atoms with E-state index in [0.29, 0.717) is 12.2 Å². The molecule has 1 N–H and O–H groups in total. The highest BCUT2D eigenvalue weighted by Crippen LogP contribution is 1.93. The molecule has 3 nitrogen and oxygen atoms in total. The average Bonchev–Trinajstić information content (AvgIpc) is 2.00. The second kappa shape index (κ2) is 5.77. The molecule has 0 aliphatic rings. The topological polar surface area (TPSA) is 38.3 Å². The lowest BCUT2D eigenvalue weighted by molar-refractivity contribution is -0.138. The first-order chi connectivity index (χ1) is 5.22. The van der Waals surface area contributed by atoms with Gasteiger partial charge in [-0.2, -0.15) is 0 Å². The zero-order valence-electron chi connectivity index (χ0n) is 7.31. The fourth-order valence-electron chi connectivity index (χ4n) is 0.559. The Hall–Kier alpha value is -0.990. The molecule has 0 aromatic heterocycles. The van der Waals surface area contributed by atoms with Gasteiger partial charge in [-0.15, -0.1) is 0 Å². The molecule has 0 heterocycles. The fraction of sp³-hybridized carbons (Fsp3) is 0.625. The minimum Gasteiger partial charge on any atom is -0.463 e. The van der Waals surface area contributed by atoms with E-state index in [4.69, 9.17) is 4.74 Å². The first-order valence-corrected chi connectivity index (χ1v) is 3.79. The van der Waals surface area contributed by atoms with Crippen molar-refractivity contribution in [2.24, 2.45) is 0 Å². The first kappa shape index (κ1) is 10.0. The molecule has 0 aromatic carbocycles. The molecule has 3 heteroatoms. The number of carbonyl (C=O) groups is 1. The van der Waals surface area contributed by atoms with E-state index in [9.17, 15) is 4.79 Å². The molecular formula is C8H15NO2. The number of ether oxygens (including phenoxy) is 1. The molecule has 0 rings (SSSR count). The summed E-state index contributed by atoms with van der Waals surface area (Å²) in [5, 5.41) is 2.92. The molecule has 0 aromatic rings. The minimum absolute atomic E-state index is 0.256. The normalized spacial score (nSPS) is 11.0. The Bertz CT molecular complexity index is 152. The molecular weight excluding hydrogens is 142 g/mol. The second-order valence-electron chi connectivity index (χ2n) is 2.11. The van der Waals surface area contributed by atoms with Gasteiger partial charge in [0.15, 0.2) is 0 Å². The average molecular weight is 157 g/mol. The molecule has 11 heavy (non-hydrogen) atoms. The van der Waals surface area contributed by atoms with Crippen LogP contribution in [0.2, 0.25) is 0 Å². The molecule has 0 saturated heterocycles. The zero-order chi connectivity index (χ0) is 8.69. The van der Waals surface area contributed by atoms with Gasteiger partial charge in [-0.25, -0.2) is 4.79 Å². The Labute approximate surface area is 67.4 Å². The molecule has 0 amide bonds. The van der Waals surface area contributed by atoms with E-state index >= 15 is 0 Å². The molecule has 0 atom stereocenters. The van der Waals surface area contributed by atoms with Crippen LogP contribution in [0.5, 0.6) is 0 Å². The van der Waals surface area contributed by atoms with E-state index < -0.39 is 0 Å². The molecule has 64 valence electrons. The standard InChI is InChI=1S/C8H15NO2/c1-4-9-6-7(3)8(10)11-5-2/h6,9H,4-5H2,1-3H3/b7-6+. The summed E-state index contributed by atoms with van der Waals surface area (Å²) in [7, 11) is 0. The van der Waals surface area contributed by atoms with E-state index in [0.717, 1.165) is 6.54 Å². The van der Waals surface area contributed by atoms with E-state index in [1.165, 1.54) is 0 Å². The SMILES string of the molecule is CCN/C=C(\C)C(=O)OCC. The van der Waals surface area contributed by atoms with Crippen LogP contribution in [-0.4, -0.2) is 19.1 Å². The highest BCUT2D eigenvalue weighted by Gasteiger charge is 2.02. The summed E-state index contributed by atoms with van der Waals surface area (Å²) in [5.74, 6) is -0.256. The molecule has 0 spiro atoms. The summed E-state index contributed by atoms with van der Waals surface area (Å²) >= 11 is 0. The van der Waals surface area contributed by atoms with Crippen molar-refractivity contribution in [3.63, 3.8) is 0 Å². The summed E-state index contributed by atoms with van der Waals surface area (Å²) < 4.78 is 4.75. The predicted molar refractivity (Wildman–Crippen MR) is 44.1 cm³/mol. The smallest absolute Gasteiger partial charge is 0.335 e. The third kappa shape index (κ3) is 4.42. The third-order valence-corrected chi connectivity index (χ3v) is 1.12. The van der Waals surface area contributed by atoms with Crippen molar-refractivity contribution >= 4 is 5.97 Å². The molecule has 0 radical (unpaired) electrons. The summed E-state index contributed by atoms with van der Waals surface area (Å²) in [5.41, 5.74) is 0.605. The Morgan fingerprint density at radius 1 is 1.55 bits per heavy atom. The van der Waals surface area contributed by atoms with E-state index in [1.54, 1.807) is 20.0 Å². The summed E-state index contributed by atoms with van der Waals surface area (Å²) in [6.45, 7) is 6.72. The summed E-state index contributed by atoms with van der Waals surface area (Å²) in [6.07, 6.45) is 1.66. The molecule has 0 aliphatic carbocycles. The van der Waals surface area contributed by atoms with Crippen LogP contribution in [0.1, 0.15) is 20.8 Å². The number of hydrogen-bond donors (Lipinski definition) is 1. The van der Waals surface area contributed by atoms with Crippen LogP contribution in [0, 0.1) is 0 Å². The fourth-order valence-corrected chi connectivity index (χ4v) is 0.559. The van der Waals surface area contributed by atoms with Crippen molar-refractivity contribution in [2.45, 2.75) is 20.8 Å². The van der Waals surface area contributed by atoms with Gasteiger partial charge >= 0.3 is 5.97 Å². The van der Waals surface area contributed by atoms with Gasteiger partial charge in [0.25, 0.3) is 0 Å². The van der Waals surface area contributed by atoms with Crippen LogP contribution >= 0.6 is 0 Å². The maximum atomic E-state index is 10.9. The molecule has 0 bridgehead atoms. The van der Waals surface area contributed by atoms with Gasteiger partial charge < -0.3 is 10.1 Å². The van der Waals surface area contributed by atoms with Crippen LogP contribution in [0.25, 0.3) is 0 Å². The lowest BCUT2D eigenvalue weighted by Gasteiger charge is -2.01. The van der Waals surface area contributed by atoms with Crippen LogP contribution in [0.4, 0.5) is 0 Å². The van der Waals surface area contributed by atoms with Gasteiger partial charge in [-0.3, -0.25) is 0 Å². The minimum atomic E-state index is -0.256. The maximum absolute atomic E-state index is 10.9. The Kier molecular flexibility index (Phi) is 5.25. The van der Waals surface area contributed by atoms with Crippen molar-refractivity contribution in [1.29, 1.82) is 0 Å². The monoisotopic (exact) mass is 157 g/mol.